The summed E-state index contributed by atoms with van der Waals surface area (Å²) in [6.07, 6.45) is 1.65. The van der Waals surface area contributed by atoms with E-state index in [2.05, 4.69) is 11.7 Å². The molecular weight excluding hydrogens is 204 g/mol. The number of carbonyl (C=O) groups excluding carboxylic acids is 1. The predicted octanol–water partition coefficient (Wildman–Crippen LogP) is 2.59. The van der Waals surface area contributed by atoms with Gasteiger partial charge in [-0.2, -0.15) is 5.10 Å². The lowest BCUT2D eigenvalue weighted by molar-refractivity contribution is 0.0509. The molecule has 0 radical (unpaired) electrons. The zero-order chi connectivity index (χ0) is 12.3. The molecule has 88 valence electrons. The maximum absolute atomic E-state index is 11.8. The number of hydrogen-bond donors (Lipinski definition) is 0. The zero-order valence-corrected chi connectivity index (χ0v) is 10.3. The second-order valence-electron chi connectivity index (χ2n) is 3.81. The fourth-order valence-corrected chi connectivity index (χ4v) is 1.58. The Balaban J connectivity index is 3.31. The predicted molar refractivity (Wildman–Crippen MR) is 63.4 cm³/mol. The zero-order valence-electron chi connectivity index (χ0n) is 10.3. The van der Waals surface area contributed by atoms with E-state index >= 15 is 0 Å². The van der Waals surface area contributed by atoms with Crippen LogP contribution in [0.3, 0.4) is 0 Å². The Labute approximate surface area is 95.9 Å². The van der Waals surface area contributed by atoms with E-state index in [0.29, 0.717) is 12.3 Å². The van der Waals surface area contributed by atoms with Gasteiger partial charge in [0.15, 0.2) is 5.69 Å². The van der Waals surface area contributed by atoms with Crippen molar-refractivity contribution >= 4 is 12.0 Å². The number of hydrogen-bond acceptors (Lipinski definition) is 3. The van der Waals surface area contributed by atoms with Crippen molar-refractivity contribution in [2.24, 2.45) is 0 Å². The summed E-state index contributed by atoms with van der Waals surface area (Å²) in [7, 11) is 0. The van der Waals surface area contributed by atoms with Crippen molar-refractivity contribution in [3.05, 3.63) is 23.5 Å². The summed E-state index contributed by atoms with van der Waals surface area (Å²) in [6.45, 7) is 11.7. The van der Waals surface area contributed by atoms with Crippen LogP contribution < -0.4 is 0 Å². The highest BCUT2D eigenvalue weighted by Gasteiger charge is 2.22. The summed E-state index contributed by atoms with van der Waals surface area (Å²) in [5.74, 6) is -0.341. The number of carbonyl (C=O) groups is 1. The molecule has 16 heavy (non-hydrogen) atoms. The van der Waals surface area contributed by atoms with Crippen molar-refractivity contribution in [2.45, 2.75) is 33.7 Å². The van der Waals surface area contributed by atoms with Crippen LogP contribution in [0.5, 0.6) is 0 Å². The minimum atomic E-state index is -0.341. The Bertz CT molecular complexity index is 405. The quantitative estimate of drug-likeness (QED) is 0.735. The van der Waals surface area contributed by atoms with Gasteiger partial charge in [-0.1, -0.05) is 12.7 Å². The van der Waals surface area contributed by atoms with Crippen LogP contribution in [0.4, 0.5) is 0 Å². The van der Waals surface area contributed by atoms with Crippen LogP contribution in [0.2, 0.25) is 0 Å². The molecule has 0 saturated carbocycles. The summed E-state index contributed by atoms with van der Waals surface area (Å²) in [5, 5.41) is 4.33. The van der Waals surface area contributed by atoms with Crippen LogP contribution >= 0.6 is 0 Å². The third kappa shape index (κ3) is 2.15. The topological polar surface area (TPSA) is 44.1 Å². The van der Waals surface area contributed by atoms with Crippen LogP contribution in [0.25, 0.3) is 6.08 Å². The van der Waals surface area contributed by atoms with Gasteiger partial charge in [0.2, 0.25) is 0 Å². The van der Waals surface area contributed by atoms with E-state index in [1.54, 1.807) is 17.7 Å². The minimum Gasteiger partial charge on any atom is -0.461 e. The lowest BCUT2D eigenvalue weighted by atomic mass is 10.2. The normalized spacial score (nSPS) is 10.6. The standard InChI is InChI=1S/C12H18N2O2/c1-6-10-9(5)13-14(8(3)4)11(10)12(15)16-7-2/h6,8H,1,7H2,2-5H3. The SMILES string of the molecule is C=Cc1c(C)nn(C(C)C)c1C(=O)OCC. The lowest BCUT2D eigenvalue weighted by Gasteiger charge is -2.10. The molecular formula is C12H18N2O2. The van der Waals surface area contributed by atoms with Crippen molar-refractivity contribution in [1.82, 2.24) is 9.78 Å². The second kappa shape index (κ2) is 4.96. The molecule has 1 aromatic heterocycles. The molecule has 0 aliphatic heterocycles. The second-order valence-corrected chi connectivity index (χ2v) is 3.81. The molecule has 0 unspecified atom stereocenters. The fraction of sp³-hybridized carbons (Fsp3) is 0.500. The molecule has 1 aromatic rings. The number of esters is 1. The third-order valence-corrected chi connectivity index (χ3v) is 2.29. The first-order chi connectivity index (χ1) is 7.52. The molecule has 0 bridgehead atoms. The average molecular weight is 222 g/mol. The van der Waals surface area contributed by atoms with Gasteiger partial charge in [0.25, 0.3) is 0 Å². The Hall–Kier alpha value is -1.58. The highest BCUT2D eigenvalue weighted by molar-refractivity contribution is 5.92. The van der Waals surface area contributed by atoms with Crippen LogP contribution in [-0.4, -0.2) is 22.4 Å². The van der Waals surface area contributed by atoms with Crippen molar-refractivity contribution in [3.63, 3.8) is 0 Å². The molecule has 0 amide bonds. The van der Waals surface area contributed by atoms with Crippen LogP contribution in [0.1, 0.15) is 48.6 Å². The van der Waals surface area contributed by atoms with Gasteiger partial charge in [0.1, 0.15) is 0 Å². The lowest BCUT2D eigenvalue weighted by Crippen LogP contribution is -2.15. The first-order valence-electron chi connectivity index (χ1n) is 5.41. The monoisotopic (exact) mass is 222 g/mol. The van der Waals surface area contributed by atoms with E-state index < -0.39 is 0 Å². The number of nitrogens with zero attached hydrogens (tertiary/aromatic N) is 2. The van der Waals surface area contributed by atoms with Crippen molar-refractivity contribution < 1.29 is 9.53 Å². The molecule has 1 heterocycles. The summed E-state index contributed by atoms with van der Waals surface area (Å²) >= 11 is 0. The van der Waals surface area contributed by atoms with Crippen LogP contribution in [-0.2, 0) is 4.74 Å². The molecule has 0 aliphatic carbocycles. The summed E-state index contributed by atoms with van der Waals surface area (Å²) in [4.78, 5) is 11.8. The average Bonchev–Trinajstić information content (AvgIpc) is 2.55. The summed E-state index contributed by atoms with van der Waals surface area (Å²) < 4.78 is 6.71. The van der Waals surface area contributed by atoms with Gasteiger partial charge in [0.05, 0.1) is 12.3 Å². The molecule has 0 spiro atoms. The van der Waals surface area contributed by atoms with Crippen LogP contribution in [0, 0.1) is 6.92 Å². The molecule has 1 rings (SSSR count). The first kappa shape index (κ1) is 12.5. The summed E-state index contributed by atoms with van der Waals surface area (Å²) in [6, 6.07) is 0.117. The van der Waals surface area contributed by atoms with E-state index in [4.69, 9.17) is 4.74 Å². The van der Waals surface area contributed by atoms with Gasteiger partial charge in [-0.15, -0.1) is 0 Å². The first-order valence-corrected chi connectivity index (χ1v) is 5.41. The molecule has 0 fully saturated rings. The fourth-order valence-electron chi connectivity index (χ4n) is 1.58. The van der Waals surface area contributed by atoms with Gasteiger partial charge < -0.3 is 4.74 Å². The number of rotatable bonds is 4. The smallest absolute Gasteiger partial charge is 0.357 e. The minimum absolute atomic E-state index is 0.117. The van der Waals surface area contributed by atoms with Gasteiger partial charge in [-0.3, -0.25) is 4.68 Å². The summed E-state index contributed by atoms with van der Waals surface area (Å²) in [5.41, 5.74) is 2.04. The number of aryl methyl sites for hydroxylation is 1. The molecule has 4 heteroatoms. The molecule has 0 atom stereocenters. The Morgan fingerprint density at radius 1 is 1.62 bits per heavy atom. The van der Waals surface area contributed by atoms with E-state index in [-0.39, 0.29) is 12.0 Å². The highest BCUT2D eigenvalue weighted by atomic mass is 16.5. The van der Waals surface area contributed by atoms with Crippen LogP contribution in [0.15, 0.2) is 6.58 Å². The molecule has 0 aromatic carbocycles. The molecule has 0 aliphatic rings. The van der Waals surface area contributed by atoms with Gasteiger partial charge in [-0.05, 0) is 27.7 Å². The highest BCUT2D eigenvalue weighted by Crippen LogP contribution is 2.20. The maximum Gasteiger partial charge on any atom is 0.357 e. The van der Waals surface area contributed by atoms with Crippen molar-refractivity contribution in [2.75, 3.05) is 6.61 Å². The van der Waals surface area contributed by atoms with E-state index in [0.717, 1.165) is 11.3 Å². The van der Waals surface area contributed by atoms with Crippen molar-refractivity contribution in [1.29, 1.82) is 0 Å². The Kier molecular flexibility index (Phi) is 3.88. The Morgan fingerprint density at radius 2 is 2.25 bits per heavy atom. The number of ether oxygens (including phenoxy) is 1. The van der Waals surface area contributed by atoms with Gasteiger partial charge >= 0.3 is 5.97 Å². The number of aromatic nitrogens is 2. The maximum atomic E-state index is 11.8. The van der Waals surface area contributed by atoms with E-state index in [1.807, 2.05) is 20.8 Å². The molecule has 4 nitrogen and oxygen atoms in total. The van der Waals surface area contributed by atoms with E-state index in [1.165, 1.54) is 0 Å². The van der Waals surface area contributed by atoms with Gasteiger partial charge in [-0.25, -0.2) is 4.79 Å². The van der Waals surface area contributed by atoms with E-state index in [9.17, 15) is 4.79 Å². The Morgan fingerprint density at radius 3 is 2.69 bits per heavy atom. The van der Waals surface area contributed by atoms with Crippen molar-refractivity contribution in [3.8, 4) is 0 Å². The van der Waals surface area contributed by atoms with Gasteiger partial charge in [0, 0.05) is 11.6 Å². The molecule has 0 N–H and O–H groups in total. The third-order valence-electron chi connectivity index (χ3n) is 2.29. The molecule has 0 saturated heterocycles. The largest absolute Gasteiger partial charge is 0.461 e.